The van der Waals surface area contributed by atoms with Crippen molar-refractivity contribution >= 4 is 27.5 Å². The van der Waals surface area contributed by atoms with Gasteiger partial charge in [-0.3, -0.25) is 13.9 Å². The minimum atomic E-state index is -4.63. The summed E-state index contributed by atoms with van der Waals surface area (Å²) in [6, 6.07) is 10.9. The number of carbonyl (C=O) groups is 2. The number of alkyl halides is 3. The molecule has 0 aliphatic rings. The van der Waals surface area contributed by atoms with Gasteiger partial charge in [-0.25, -0.2) is 8.42 Å². The van der Waals surface area contributed by atoms with E-state index in [-0.39, 0.29) is 49.5 Å². The Kier molecular flexibility index (Phi) is 11.4. The van der Waals surface area contributed by atoms with Crippen LogP contribution in [0.4, 0.5) is 18.9 Å². The Hall–Kier alpha value is -3.08. The standard InChI is InChI=1S/C28H38F3N3O4S/c1-6-21(4)32-27(36)25(7-2)33(19-22-12-8-11-20(3)17-22)26(35)15-10-16-34(39(5,37)38)24-14-9-13-23(18-24)28(29,30)31/h8-9,11-14,17-18,21,25H,6-7,10,15-16,19H2,1-5H3,(H,32,36)/t21-,25+/m1/s1. The average molecular weight is 570 g/mol. The van der Waals surface area contributed by atoms with Gasteiger partial charge >= 0.3 is 6.18 Å². The summed E-state index contributed by atoms with van der Waals surface area (Å²) in [5.74, 6) is -0.616. The monoisotopic (exact) mass is 569 g/mol. The summed E-state index contributed by atoms with van der Waals surface area (Å²) < 4.78 is 65.4. The van der Waals surface area contributed by atoms with Crippen LogP contribution in [-0.2, 0) is 32.3 Å². The van der Waals surface area contributed by atoms with Crippen LogP contribution in [0.2, 0.25) is 0 Å². The maximum atomic E-state index is 13.5. The summed E-state index contributed by atoms with van der Waals surface area (Å²) in [7, 11) is -3.93. The fourth-order valence-corrected chi connectivity index (χ4v) is 5.17. The van der Waals surface area contributed by atoms with Crippen LogP contribution in [0.1, 0.15) is 63.1 Å². The van der Waals surface area contributed by atoms with E-state index in [4.69, 9.17) is 0 Å². The van der Waals surface area contributed by atoms with Crippen LogP contribution in [0.25, 0.3) is 0 Å². The maximum absolute atomic E-state index is 13.5. The molecule has 0 heterocycles. The van der Waals surface area contributed by atoms with Crippen LogP contribution >= 0.6 is 0 Å². The van der Waals surface area contributed by atoms with E-state index in [0.717, 1.165) is 46.3 Å². The number of hydrogen-bond acceptors (Lipinski definition) is 4. The van der Waals surface area contributed by atoms with Gasteiger partial charge in [-0.05, 0) is 56.9 Å². The average Bonchev–Trinajstić information content (AvgIpc) is 2.85. The zero-order valence-corrected chi connectivity index (χ0v) is 23.9. The molecule has 0 aliphatic carbocycles. The summed E-state index contributed by atoms with van der Waals surface area (Å²) in [6.07, 6.45) is -2.66. The molecule has 39 heavy (non-hydrogen) atoms. The van der Waals surface area contributed by atoms with Crippen molar-refractivity contribution < 1.29 is 31.2 Å². The Morgan fingerprint density at radius 1 is 1.03 bits per heavy atom. The van der Waals surface area contributed by atoms with Crippen LogP contribution in [0.15, 0.2) is 48.5 Å². The van der Waals surface area contributed by atoms with E-state index >= 15 is 0 Å². The first-order valence-corrected chi connectivity index (χ1v) is 14.8. The minimum absolute atomic E-state index is 0.0515. The maximum Gasteiger partial charge on any atom is 0.416 e. The van der Waals surface area contributed by atoms with Crippen molar-refractivity contribution in [1.29, 1.82) is 0 Å². The van der Waals surface area contributed by atoms with Gasteiger partial charge in [0, 0.05) is 25.6 Å². The third-order valence-electron chi connectivity index (χ3n) is 6.44. The number of aryl methyl sites for hydroxylation is 1. The fraction of sp³-hybridized carbons (Fsp3) is 0.500. The number of carbonyl (C=O) groups excluding carboxylic acids is 2. The Morgan fingerprint density at radius 2 is 1.69 bits per heavy atom. The predicted octanol–water partition coefficient (Wildman–Crippen LogP) is 5.28. The van der Waals surface area contributed by atoms with Gasteiger partial charge in [0.15, 0.2) is 0 Å². The van der Waals surface area contributed by atoms with E-state index < -0.39 is 27.8 Å². The van der Waals surface area contributed by atoms with Crippen LogP contribution in [0.3, 0.4) is 0 Å². The van der Waals surface area contributed by atoms with Crippen molar-refractivity contribution in [1.82, 2.24) is 10.2 Å². The SMILES string of the molecule is CC[C@@H](C)NC(=O)[C@H](CC)N(Cc1cccc(C)c1)C(=O)CCCN(c1cccc(C(F)(F)F)c1)S(C)(=O)=O. The second-order valence-corrected chi connectivity index (χ2v) is 11.6. The molecule has 2 aromatic rings. The van der Waals surface area contributed by atoms with Gasteiger partial charge in [0.25, 0.3) is 0 Å². The van der Waals surface area contributed by atoms with Gasteiger partial charge in [-0.15, -0.1) is 0 Å². The smallest absolute Gasteiger partial charge is 0.352 e. The lowest BCUT2D eigenvalue weighted by Gasteiger charge is -2.32. The number of amides is 2. The number of rotatable bonds is 13. The van der Waals surface area contributed by atoms with Crippen LogP contribution in [-0.4, -0.2) is 50.0 Å². The zero-order chi connectivity index (χ0) is 29.4. The lowest BCUT2D eigenvalue weighted by atomic mass is 10.1. The molecule has 0 bridgehead atoms. The number of nitrogens with zero attached hydrogens (tertiary/aromatic N) is 2. The Labute approximate surface area is 229 Å². The minimum Gasteiger partial charge on any atom is -0.352 e. The molecule has 0 unspecified atom stereocenters. The molecule has 0 radical (unpaired) electrons. The van der Waals surface area contributed by atoms with E-state index in [2.05, 4.69) is 5.32 Å². The molecule has 0 saturated heterocycles. The van der Waals surface area contributed by atoms with E-state index in [0.29, 0.717) is 6.42 Å². The van der Waals surface area contributed by atoms with Crippen molar-refractivity contribution in [3.63, 3.8) is 0 Å². The molecule has 2 atom stereocenters. The summed E-state index contributed by atoms with van der Waals surface area (Å²) >= 11 is 0. The van der Waals surface area contributed by atoms with Gasteiger partial charge in [0.05, 0.1) is 17.5 Å². The highest BCUT2D eigenvalue weighted by molar-refractivity contribution is 7.92. The van der Waals surface area contributed by atoms with Gasteiger partial charge in [-0.1, -0.05) is 49.7 Å². The van der Waals surface area contributed by atoms with E-state index in [1.807, 2.05) is 52.0 Å². The number of halogens is 3. The Balaban J connectivity index is 2.27. The number of hydrogen-bond donors (Lipinski definition) is 1. The molecule has 2 aromatic carbocycles. The van der Waals surface area contributed by atoms with Crippen LogP contribution in [0, 0.1) is 6.92 Å². The number of anilines is 1. The molecular formula is C28H38F3N3O4S. The fourth-order valence-electron chi connectivity index (χ4n) is 4.21. The lowest BCUT2D eigenvalue weighted by Crippen LogP contribution is -2.50. The van der Waals surface area contributed by atoms with Crippen molar-refractivity contribution in [2.45, 2.75) is 78.2 Å². The summed E-state index contributed by atoms with van der Waals surface area (Å²) in [5, 5.41) is 2.93. The normalized spacial score (nSPS) is 13.4. The van der Waals surface area contributed by atoms with Crippen LogP contribution < -0.4 is 9.62 Å². The highest BCUT2D eigenvalue weighted by Crippen LogP contribution is 2.32. The molecule has 0 spiro atoms. The molecule has 7 nitrogen and oxygen atoms in total. The largest absolute Gasteiger partial charge is 0.416 e. The van der Waals surface area contributed by atoms with Crippen molar-refractivity contribution in [2.24, 2.45) is 0 Å². The first kappa shape index (κ1) is 32.1. The van der Waals surface area contributed by atoms with E-state index in [1.54, 1.807) is 0 Å². The van der Waals surface area contributed by atoms with E-state index in [1.165, 1.54) is 11.0 Å². The van der Waals surface area contributed by atoms with Gasteiger partial charge in [0.2, 0.25) is 21.8 Å². The molecule has 0 saturated carbocycles. The topological polar surface area (TPSA) is 86.8 Å². The molecule has 1 N–H and O–H groups in total. The molecule has 0 fully saturated rings. The molecule has 2 rings (SSSR count). The molecule has 0 aromatic heterocycles. The van der Waals surface area contributed by atoms with Crippen molar-refractivity contribution in [3.05, 3.63) is 65.2 Å². The molecule has 2 amide bonds. The van der Waals surface area contributed by atoms with Gasteiger partial charge < -0.3 is 10.2 Å². The predicted molar refractivity (Wildman–Crippen MR) is 147 cm³/mol. The van der Waals surface area contributed by atoms with E-state index in [9.17, 15) is 31.2 Å². The molecular weight excluding hydrogens is 531 g/mol. The molecule has 11 heteroatoms. The first-order valence-electron chi connectivity index (χ1n) is 13.0. The van der Waals surface area contributed by atoms with Crippen LogP contribution in [0.5, 0.6) is 0 Å². The third kappa shape index (κ3) is 9.56. The summed E-state index contributed by atoms with van der Waals surface area (Å²) in [4.78, 5) is 28.1. The number of benzene rings is 2. The molecule has 216 valence electrons. The Morgan fingerprint density at radius 3 is 2.26 bits per heavy atom. The van der Waals surface area contributed by atoms with Gasteiger partial charge in [0.1, 0.15) is 6.04 Å². The number of sulfonamides is 1. The Bertz CT molecular complexity index is 1230. The zero-order valence-electron chi connectivity index (χ0n) is 23.1. The lowest BCUT2D eigenvalue weighted by molar-refractivity contribution is -0.141. The highest BCUT2D eigenvalue weighted by Gasteiger charge is 2.32. The second-order valence-electron chi connectivity index (χ2n) is 9.74. The van der Waals surface area contributed by atoms with Gasteiger partial charge in [-0.2, -0.15) is 13.2 Å². The highest BCUT2D eigenvalue weighted by atomic mass is 32.2. The third-order valence-corrected chi connectivity index (χ3v) is 7.63. The quantitative estimate of drug-likeness (QED) is 0.356. The summed E-state index contributed by atoms with van der Waals surface area (Å²) in [5.41, 5.74) is 0.754. The second kappa shape index (κ2) is 13.8. The number of nitrogens with one attached hydrogen (secondary N) is 1. The summed E-state index contributed by atoms with van der Waals surface area (Å²) in [6.45, 7) is 7.56. The molecule has 0 aliphatic heterocycles. The van der Waals surface area contributed by atoms with Crippen molar-refractivity contribution in [3.8, 4) is 0 Å². The first-order chi connectivity index (χ1) is 18.2. The van der Waals surface area contributed by atoms with Crippen molar-refractivity contribution in [2.75, 3.05) is 17.1 Å².